The molecule has 8 nitrogen and oxygen atoms in total. The Morgan fingerprint density at radius 3 is 2.59 bits per heavy atom. The van der Waals surface area contributed by atoms with Gasteiger partial charge in [-0.3, -0.25) is 9.48 Å². The smallest absolute Gasteiger partial charge is 0.257 e. The van der Waals surface area contributed by atoms with Crippen LogP contribution >= 0.6 is 0 Å². The molecule has 1 saturated heterocycles. The molecule has 1 aliphatic heterocycles. The predicted octanol–water partition coefficient (Wildman–Crippen LogP) is 2.88. The van der Waals surface area contributed by atoms with Gasteiger partial charge in [-0.2, -0.15) is 0 Å². The summed E-state index contributed by atoms with van der Waals surface area (Å²) in [6, 6.07) is 4.22. The summed E-state index contributed by atoms with van der Waals surface area (Å²) in [7, 11) is 1.70. The van der Waals surface area contributed by atoms with Crippen LogP contribution in [0.5, 0.6) is 0 Å². The van der Waals surface area contributed by atoms with Crippen LogP contribution in [0.1, 0.15) is 34.5 Å². The highest BCUT2D eigenvalue weighted by Crippen LogP contribution is 2.28. The van der Waals surface area contributed by atoms with Crippen molar-refractivity contribution in [3.63, 3.8) is 0 Å². The molecule has 0 aliphatic carbocycles. The fourth-order valence-corrected chi connectivity index (χ4v) is 3.40. The molecule has 4 rings (SSSR count). The zero-order valence-corrected chi connectivity index (χ0v) is 16.6. The number of nitrogens with zero attached hydrogens (tertiary/aromatic N) is 6. The lowest BCUT2D eigenvalue weighted by Gasteiger charge is -2.18. The molecule has 0 unspecified atom stereocenters. The molecule has 0 bridgehead atoms. The van der Waals surface area contributed by atoms with E-state index < -0.39 is 11.7 Å². The van der Waals surface area contributed by atoms with Crippen LogP contribution in [0, 0.1) is 19.7 Å². The summed E-state index contributed by atoms with van der Waals surface area (Å²) in [5.41, 5.74) is 3.06. The number of anilines is 2. The molecule has 0 atom stereocenters. The molecule has 0 spiro atoms. The van der Waals surface area contributed by atoms with Gasteiger partial charge in [-0.05, 0) is 50.5 Å². The van der Waals surface area contributed by atoms with E-state index in [4.69, 9.17) is 4.98 Å². The van der Waals surface area contributed by atoms with Crippen LogP contribution in [-0.4, -0.2) is 44.0 Å². The molecule has 0 saturated carbocycles. The van der Waals surface area contributed by atoms with Gasteiger partial charge in [-0.1, -0.05) is 5.21 Å². The topological polar surface area (TPSA) is 88.8 Å². The van der Waals surface area contributed by atoms with Crippen LogP contribution in [0.2, 0.25) is 0 Å². The van der Waals surface area contributed by atoms with Crippen molar-refractivity contribution < 1.29 is 9.18 Å². The third-order valence-corrected chi connectivity index (χ3v) is 5.04. The molecule has 1 aromatic carbocycles. The molecule has 3 aromatic rings. The number of aryl methyl sites for hydroxylation is 2. The molecular formula is C20H22FN7O. The second-order valence-electron chi connectivity index (χ2n) is 7.24. The van der Waals surface area contributed by atoms with Crippen LogP contribution in [0.15, 0.2) is 24.4 Å². The summed E-state index contributed by atoms with van der Waals surface area (Å²) < 4.78 is 15.9. The number of nitrogens with one attached hydrogen (secondary N) is 1. The lowest BCUT2D eigenvalue weighted by Crippen LogP contribution is -2.21. The molecule has 2 aromatic heterocycles. The molecule has 1 fully saturated rings. The first-order valence-electron chi connectivity index (χ1n) is 9.49. The van der Waals surface area contributed by atoms with E-state index in [9.17, 15) is 9.18 Å². The van der Waals surface area contributed by atoms with Crippen LogP contribution in [0.3, 0.4) is 0 Å². The largest absolute Gasteiger partial charge is 0.341 e. The standard InChI is InChI=1S/C20H22FN7O/c1-12-13(2)22-20(28-6-4-5-7-28)24-18(12)14-8-15(10-16(21)9-14)19(29)23-17-11-27(3)26-25-17/h8-11H,4-7H2,1-3H3,(H,23,29). The van der Waals surface area contributed by atoms with E-state index >= 15 is 0 Å². The lowest BCUT2D eigenvalue weighted by atomic mass is 10.0. The van der Waals surface area contributed by atoms with Crippen molar-refractivity contribution in [2.75, 3.05) is 23.3 Å². The van der Waals surface area contributed by atoms with E-state index in [1.807, 2.05) is 13.8 Å². The van der Waals surface area contributed by atoms with Crippen molar-refractivity contribution >= 4 is 17.7 Å². The van der Waals surface area contributed by atoms with Gasteiger partial charge in [0.15, 0.2) is 5.82 Å². The Morgan fingerprint density at radius 1 is 1.14 bits per heavy atom. The number of halogens is 1. The first-order valence-corrected chi connectivity index (χ1v) is 9.49. The van der Waals surface area contributed by atoms with Gasteiger partial charge >= 0.3 is 0 Å². The Balaban J connectivity index is 1.71. The van der Waals surface area contributed by atoms with Gasteiger partial charge in [0, 0.05) is 37.0 Å². The van der Waals surface area contributed by atoms with E-state index in [0.29, 0.717) is 23.0 Å². The van der Waals surface area contributed by atoms with Gasteiger partial charge in [-0.25, -0.2) is 14.4 Å². The minimum Gasteiger partial charge on any atom is -0.341 e. The summed E-state index contributed by atoms with van der Waals surface area (Å²) in [5.74, 6) is -0.0243. The second kappa shape index (κ2) is 7.57. The maximum atomic E-state index is 14.4. The van der Waals surface area contributed by atoms with Crippen molar-refractivity contribution in [1.29, 1.82) is 0 Å². The van der Waals surface area contributed by atoms with Crippen molar-refractivity contribution in [3.8, 4) is 11.3 Å². The monoisotopic (exact) mass is 395 g/mol. The minimum atomic E-state index is -0.509. The molecule has 9 heteroatoms. The fraction of sp³-hybridized carbons (Fsp3) is 0.350. The molecule has 150 valence electrons. The number of hydrogen-bond donors (Lipinski definition) is 1. The zero-order valence-electron chi connectivity index (χ0n) is 16.6. The van der Waals surface area contributed by atoms with E-state index in [1.54, 1.807) is 19.3 Å². The third kappa shape index (κ3) is 3.94. The molecule has 29 heavy (non-hydrogen) atoms. The lowest BCUT2D eigenvalue weighted by molar-refractivity contribution is 0.102. The molecule has 1 amide bonds. The first kappa shape index (κ1) is 19.0. The normalized spacial score (nSPS) is 13.7. The predicted molar refractivity (Wildman–Crippen MR) is 107 cm³/mol. The number of carbonyl (C=O) groups excluding carboxylic acids is 1. The van der Waals surface area contributed by atoms with E-state index in [1.165, 1.54) is 16.8 Å². The Bertz CT molecular complexity index is 1070. The summed E-state index contributed by atoms with van der Waals surface area (Å²) >= 11 is 0. The second-order valence-corrected chi connectivity index (χ2v) is 7.24. The Labute approximate surface area is 167 Å². The molecular weight excluding hydrogens is 373 g/mol. The summed E-state index contributed by atoms with van der Waals surface area (Å²) in [4.78, 5) is 24.0. The van der Waals surface area contributed by atoms with Gasteiger partial charge in [-0.15, -0.1) is 5.10 Å². The number of rotatable bonds is 4. The van der Waals surface area contributed by atoms with E-state index in [0.717, 1.165) is 37.2 Å². The molecule has 1 N–H and O–H groups in total. The average Bonchev–Trinajstić information content (AvgIpc) is 3.35. The average molecular weight is 395 g/mol. The van der Waals surface area contributed by atoms with Crippen LogP contribution in [0.4, 0.5) is 16.2 Å². The van der Waals surface area contributed by atoms with Gasteiger partial charge in [0.2, 0.25) is 5.95 Å². The Hall–Kier alpha value is -3.36. The highest BCUT2D eigenvalue weighted by molar-refractivity contribution is 6.04. The summed E-state index contributed by atoms with van der Waals surface area (Å²) in [5, 5.41) is 10.2. The maximum Gasteiger partial charge on any atom is 0.257 e. The van der Waals surface area contributed by atoms with E-state index in [-0.39, 0.29) is 5.56 Å². The number of amides is 1. The number of benzene rings is 1. The van der Waals surface area contributed by atoms with Gasteiger partial charge < -0.3 is 10.2 Å². The minimum absolute atomic E-state index is 0.184. The third-order valence-electron chi connectivity index (χ3n) is 5.04. The summed E-state index contributed by atoms with van der Waals surface area (Å²) in [6.07, 6.45) is 3.79. The highest BCUT2D eigenvalue weighted by atomic mass is 19.1. The maximum absolute atomic E-state index is 14.4. The fourth-order valence-electron chi connectivity index (χ4n) is 3.40. The molecule has 0 radical (unpaired) electrons. The van der Waals surface area contributed by atoms with E-state index in [2.05, 4.69) is 25.5 Å². The van der Waals surface area contributed by atoms with Gasteiger partial charge in [0.05, 0.1) is 11.9 Å². The van der Waals surface area contributed by atoms with Crippen LogP contribution in [-0.2, 0) is 7.05 Å². The molecule has 3 heterocycles. The van der Waals surface area contributed by atoms with Crippen molar-refractivity contribution in [1.82, 2.24) is 25.0 Å². The Morgan fingerprint density at radius 2 is 1.90 bits per heavy atom. The zero-order chi connectivity index (χ0) is 20.5. The van der Waals surface area contributed by atoms with Crippen molar-refractivity contribution in [3.05, 3.63) is 47.0 Å². The first-order chi connectivity index (χ1) is 13.9. The number of aromatic nitrogens is 5. The Kier molecular flexibility index (Phi) is 4.96. The summed E-state index contributed by atoms with van der Waals surface area (Å²) in [6.45, 7) is 5.65. The SMILES string of the molecule is Cc1nc(N2CCCC2)nc(-c2cc(F)cc(C(=O)Nc3cn(C)nn3)c2)c1C. The molecule has 1 aliphatic rings. The quantitative estimate of drug-likeness (QED) is 0.731. The van der Waals surface area contributed by atoms with Gasteiger partial charge in [0.25, 0.3) is 5.91 Å². The van der Waals surface area contributed by atoms with Crippen LogP contribution < -0.4 is 10.2 Å². The highest BCUT2D eigenvalue weighted by Gasteiger charge is 2.20. The number of carbonyl (C=O) groups is 1. The van der Waals surface area contributed by atoms with Crippen molar-refractivity contribution in [2.45, 2.75) is 26.7 Å². The number of hydrogen-bond acceptors (Lipinski definition) is 6. The van der Waals surface area contributed by atoms with Crippen LogP contribution in [0.25, 0.3) is 11.3 Å². The van der Waals surface area contributed by atoms with Crippen molar-refractivity contribution in [2.24, 2.45) is 7.05 Å². The van der Waals surface area contributed by atoms with Gasteiger partial charge in [0.1, 0.15) is 5.82 Å².